The Balaban J connectivity index is 1.46. The molecule has 0 aromatic rings. The van der Waals surface area contributed by atoms with Crippen molar-refractivity contribution in [2.45, 2.75) is 90.3 Å². The maximum Gasteiger partial charge on any atom is 0.0944 e. The molecule has 1 aliphatic heterocycles. The fourth-order valence-electron chi connectivity index (χ4n) is 8.39. The van der Waals surface area contributed by atoms with Crippen molar-refractivity contribution < 1.29 is 9.84 Å². The minimum Gasteiger partial charge on any atom is -0.390 e. The van der Waals surface area contributed by atoms with Gasteiger partial charge in [0.25, 0.3) is 0 Å². The molecule has 0 bridgehead atoms. The van der Waals surface area contributed by atoms with Gasteiger partial charge in [-0.25, -0.2) is 0 Å². The summed E-state index contributed by atoms with van der Waals surface area (Å²) in [5.74, 6) is 4.12. The molecule has 5 fully saturated rings. The Labute approximate surface area is 147 Å². The highest BCUT2D eigenvalue weighted by Crippen LogP contribution is 2.70. The molecule has 5 rings (SSSR count). The van der Waals surface area contributed by atoms with Crippen molar-refractivity contribution in [1.82, 2.24) is 0 Å². The molecule has 4 aliphatic carbocycles. The minimum absolute atomic E-state index is 0.165. The van der Waals surface area contributed by atoms with E-state index in [1.54, 1.807) is 0 Å². The lowest BCUT2D eigenvalue weighted by atomic mass is 9.43. The second-order valence-corrected chi connectivity index (χ2v) is 11.1. The van der Waals surface area contributed by atoms with Crippen LogP contribution in [0.15, 0.2) is 0 Å². The van der Waals surface area contributed by atoms with E-state index in [9.17, 15) is 5.11 Å². The van der Waals surface area contributed by atoms with E-state index in [4.69, 9.17) is 4.74 Å². The van der Waals surface area contributed by atoms with Crippen LogP contribution in [-0.2, 0) is 4.74 Å². The molecule has 1 heterocycles. The molecule has 5 aliphatic rings. The van der Waals surface area contributed by atoms with Crippen molar-refractivity contribution in [3.63, 3.8) is 0 Å². The van der Waals surface area contributed by atoms with Gasteiger partial charge in [0.2, 0.25) is 0 Å². The molecule has 0 aromatic carbocycles. The van der Waals surface area contributed by atoms with Gasteiger partial charge in [-0.1, -0.05) is 20.8 Å². The molecule has 1 spiro atoms. The molecule has 4 saturated carbocycles. The molecule has 1 saturated heterocycles. The molecule has 0 amide bonds. The molecule has 1 N–H and O–H groups in total. The second-order valence-electron chi connectivity index (χ2n) is 11.1. The standard InChI is InChI=1S/C22H36O2/c1-14-11-19(2)15(12-22(14)13-24-22)5-6-16-17(19)7-9-20(3)18(16)8-10-21(20,4)23/h14-18,23H,5-13H2,1-4H3/t14-,15+,16?,17?,18?,19+,20+,21+,22-/m1/s1. The smallest absolute Gasteiger partial charge is 0.0944 e. The normalized spacial score (nSPS) is 65.1. The lowest BCUT2D eigenvalue weighted by molar-refractivity contribution is -0.157. The summed E-state index contributed by atoms with van der Waals surface area (Å²) in [4.78, 5) is 0. The van der Waals surface area contributed by atoms with Crippen molar-refractivity contribution in [2.75, 3.05) is 6.61 Å². The van der Waals surface area contributed by atoms with Gasteiger partial charge in [-0.05, 0) is 98.7 Å². The molecule has 0 aromatic heterocycles. The van der Waals surface area contributed by atoms with Gasteiger partial charge < -0.3 is 9.84 Å². The fraction of sp³-hybridized carbons (Fsp3) is 1.00. The number of rotatable bonds is 0. The lowest BCUT2D eigenvalue weighted by Gasteiger charge is -2.62. The average Bonchev–Trinajstić information content (AvgIpc) is 3.23. The van der Waals surface area contributed by atoms with E-state index >= 15 is 0 Å². The van der Waals surface area contributed by atoms with Crippen LogP contribution in [0, 0.1) is 40.4 Å². The number of aliphatic hydroxyl groups is 1. The number of hydrogen-bond donors (Lipinski definition) is 1. The molecular weight excluding hydrogens is 296 g/mol. The zero-order valence-electron chi connectivity index (χ0n) is 16.1. The zero-order chi connectivity index (χ0) is 17.0. The molecule has 9 atom stereocenters. The summed E-state index contributed by atoms with van der Waals surface area (Å²) in [6, 6.07) is 0. The predicted octanol–water partition coefficient (Wildman–Crippen LogP) is 4.80. The first kappa shape index (κ1) is 16.1. The van der Waals surface area contributed by atoms with Gasteiger partial charge in [0, 0.05) is 0 Å². The number of fused-ring (bicyclic) bond motifs is 5. The third kappa shape index (κ3) is 1.80. The van der Waals surface area contributed by atoms with Crippen LogP contribution < -0.4 is 0 Å². The third-order valence-corrected chi connectivity index (χ3v) is 10.4. The van der Waals surface area contributed by atoms with E-state index < -0.39 is 5.60 Å². The van der Waals surface area contributed by atoms with Crippen LogP contribution >= 0.6 is 0 Å². The van der Waals surface area contributed by atoms with Crippen LogP contribution in [0.25, 0.3) is 0 Å². The van der Waals surface area contributed by atoms with Gasteiger partial charge in [-0.15, -0.1) is 0 Å². The van der Waals surface area contributed by atoms with Crippen molar-refractivity contribution in [3.05, 3.63) is 0 Å². The summed E-state index contributed by atoms with van der Waals surface area (Å²) in [6.45, 7) is 10.6. The van der Waals surface area contributed by atoms with Gasteiger partial charge in [0.15, 0.2) is 0 Å². The van der Waals surface area contributed by atoms with E-state index in [0.29, 0.717) is 5.41 Å². The highest BCUT2D eigenvalue weighted by atomic mass is 16.6. The fourth-order valence-corrected chi connectivity index (χ4v) is 8.39. The van der Waals surface area contributed by atoms with Crippen LogP contribution in [0.2, 0.25) is 0 Å². The Kier molecular flexibility index (Phi) is 3.09. The first-order valence-electron chi connectivity index (χ1n) is 10.6. The Hall–Kier alpha value is -0.0800. The highest BCUT2D eigenvalue weighted by Gasteiger charge is 2.66. The van der Waals surface area contributed by atoms with Crippen molar-refractivity contribution in [1.29, 1.82) is 0 Å². The van der Waals surface area contributed by atoms with E-state index in [1.165, 1.54) is 44.9 Å². The minimum atomic E-state index is -0.438. The maximum atomic E-state index is 11.0. The summed E-state index contributed by atoms with van der Waals surface area (Å²) in [6.07, 6.45) is 10.4. The van der Waals surface area contributed by atoms with Gasteiger partial charge >= 0.3 is 0 Å². The lowest BCUT2D eigenvalue weighted by Crippen LogP contribution is -2.57. The van der Waals surface area contributed by atoms with Crippen molar-refractivity contribution in [3.8, 4) is 0 Å². The van der Waals surface area contributed by atoms with Crippen LogP contribution in [0.4, 0.5) is 0 Å². The van der Waals surface area contributed by atoms with E-state index in [0.717, 1.165) is 42.6 Å². The number of hydrogen-bond acceptors (Lipinski definition) is 2. The van der Waals surface area contributed by atoms with E-state index in [-0.39, 0.29) is 11.0 Å². The van der Waals surface area contributed by atoms with Crippen LogP contribution in [0.5, 0.6) is 0 Å². The third-order valence-electron chi connectivity index (χ3n) is 10.4. The molecule has 2 heteroatoms. The second kappa shape index (κ2) is 4.60. The molecule has 24 heavy (non-hydrogen) atoms. The largest absolute Gasteiger partial charge is 0.390 e. The summed E-state index contributed by atoms with van der Waals surface area (Å²) >= 11 is 0. The monoisotopic (exact) mass is 332 g/mol. The van der Waals surface area contributed by atoms with Gasteiger partial charge in [-0.2, -0.15) is 0 Å². The number of ether oxygens (including phenoxy) is 1. The van der Waals surface area contributed by atoms with Crippen LogP contribution in [0.1, 0.15) is 79.1 Å². The van der Waals surface area contributed by atoms with E-state index in [1.807, 2.05) is 0 Å². The van der Waals surface area contributed by atoms with E-state index in [2.05, 4.69) is 27.7 Å². The molecular formula is C22H36O2. The van der Waals surface area contributed by atoms with Crippen molar-refractivity contribution in [2.24, 2.45) is 40.4 Å². The first-order chi connectivity index (χ1) is 11.2. The first-order valence-corrected chi connectivity index (χ1v) is 10.6. The molecule has 0 radical (unpaired) electrons. The van der Waals surface area contributed by atoms with Gasteiger partial charge in [0.05, 0.1) is 17.8 Å². The van der Waals surface area contributed by atoms with Gasteiger partial charge in [0.1, 0.15) is 0 Å². The quantitative estimate of drug-likeness (QED) is 0.647. The van der Waals surface area contributed by atoms with Crippen molar-refractivity contribution >= 4 is 0 Å². The SMILES string of the molecule is C[C@@H]1C[C@]2(C)C3CC[C@@]4(C)C(CC[C@]4(C)O)C3CC[C@H]2C[C@@]12CO2. The maximum absolute atomic E-state index is 11.0. The molecule has 2 nitrogen and oxygen atoms in total. The predicted molar refractivity (Wildman–Crippen MR) is 95.6 cm³/mol. The highest BCUT2D eigenvalue weighted by molar-refractivity contribution is 5.15. The average molecular weight is 333 g/mol. The Morgan fingerprint density at radius 3 is 2.33 bits per heavy atom. The Bertz CT molecular complexity index is 550. The summed E-state index contributed by atoms with van der Waals surface area (Å²) in [5, 5.41) is 11.0. The zero-order valence-corrected chi connectivity index (χ0v) is 16.1. The topological polar surface area (TPSA) is 32.8 Å². The van der Waals surface area contributed by atoms with Crippen LogP contribution in [0.3, 0.4) is 0 Å². The Morgan fingerprint density at radius 1 is 0.917 bits per heavy atom. The summed E-state index contributed by atoms with van der Waals surface area (Å²) in [7, 11) is 0. The van der Waals surface area contributed by atoms with Gasteiger partial charge in [-0.3, -0.25) is 0 Å². The summed E-state index contributed by atoms with van der Waals surface area (Å²) < 4.78 is 5.96. The number of epoxide rings is 1. The molecule has 3 unspecified atom stereocenters. The summed E-state index contributed by atoms with van der Waals surface area (Å²) in [5.41, 5.74) is 0.525. The Morgan fingerprint density at radius 2 is 1.62 bits per heavy atom. The van der Waals surface area contributed by atoms with Crippen LogP contribution in [-0.4, -0.2) is 22.9 Å². The molecule has 136 valence electrons.